The van der Waals surface area contributed by atoms with Crippen LogP contribution in [0.4, 0.5) is 15.8 Å². The van der Waals surface area contributed by atoms with E-state index in [1.165, 1.54) is 12.1 Å². The van der Waals surface area contributed by atoms with Crippen molar-refractivity contribution in [2.75, 3.05) is 10.6 Å². The predicted molar refractivity (Wildman–Crippen MR) is 87.2 cm³/mol. The first kappa shape index (κ1) is 15.5. The number of halogens is 2. The molecular formula is C16H12BrFN2O3. The molecule has 0 fully saturated rings. The van der Waals surface area contributed by atoms with E-state index < -0.39 is 17.8 Å². The first-order valence-electron chi connectivity index (χ1n) is 6.82. The highest BCUT2D eigenvalue weighted by Gasteiger charge is 2.23. The van der Waals surface area contributed by atoms with Crippen LogP contribution in [0.2, 0.25) is 0 Å². The molecule has 1 aliphatic heterocycles. The number of carbonyl (C=O) groups excluding carboxylic acids is 2. The molecule has 0 bridgehead atoms. The Morgan fingerprint density at radius 1 is 1.30 bits per heavy atom. The molecule has 2 aromatic carbocycles. The van der Waals surface area contributed by atoms with Gasteiger partial charge in [-0.15, -0.1) is 0 Å². The Labute approximate surface area is 140 Å². The third kappa shape index (κ3) is 3.19. The zero-order valence-corrected chi connectivity index (χ0v) is 13.6. The van der Waals surface area contributed by atoms with E-state index in [1.54, 1.807) is 25.1 Å². The van der Waals surface area contributed by atoms with Gasteiger partial charge in [-0.05, 0) is 59.3 Å². The molecule has 7 heteroatoms. The zero-order chi connectivity index (χ0) is 16.6. The van der Waals surface area contributed by atoms with Crippen molar-refractivity contribution >= 4 is 39.1 Å². The molecule has 5 nitrogen and oxygen atoms in total. The Morgan fingerprint density at radius 2 is 2.09 bits per heavy atom. The molecule has 0 saturated heterocycles. The second-order valence-electron chi connectivity index (χ2n) is 5.04. The molecule has 1 aliphatic rings. The van der Waals surface area contributed by atoms with Gasteiger partial charge >= 0.3 is 0 Å². The van der Waals surface area contributed by atoms with Crippen molar-refractivity contribution in [1.82, 2.24) is 0 Å². The fourth-order valence-electron chi connectivity index (χ4n) is 2.16. The fourth-order valence-corrected chi connectivity index (χ4v) is 2.58. The van der Waals surface area contributed by atoms with Gasteiger partial charge in [0.1, 0.15) is 11.6 Å². The monoisotopic (exact) mass is 378 g/mol. The Hall–Kier alpha value is -2.41. The van der Waals surface area contributed by atoms with Gasteiger partial charge in [-0.3, -0.25) is 9.59 Å². The highest BCUT2D eigenvalue weighted by Crippen LogP contribution is 2.32. The number of anilines is 2. The Kier molecular flexibility index (Phi) is 4.04. The van der Waals surface area contributed by atoms with Gasteiger partial charge in [-0.2, -0.15) is 0 Å². The van der Waals surface area contributed by atoms with Crippen LogP contribution in [0.1, 0.15) is 17.3 Å². The standard InChI is InChI=1S/C16H12BrFN2O3/c1-8-15(21)20-13-7-10(3-5-14(13)23-8)19-16(22)11-6-9(18)2-4-12(11)17/h2-8H,1H3,(H,19,22)(H,20,21)/t8-/m1/s1. The van der Waals surface area contributed by atoms with Crippen molar-refractivity contribution in [2.45, 2.75) is 13.0 Å². The minimum absolute atomic E-state index is 0.177. The number of rotatable bonds is 2. The number of hydrogen-bond donors (Lipinski definition) is 2. The highest BCUT2D eigenvalue weighted by molar-refractivity contribution is 9.10. The molecule has 23 heavy (non-hydrogen) atoms. The summed E-state index contributed by atoms with van der Waals surface area (Å²) >= 11 is 3.21. The molecule has 0 aliphatic carbocycles. The van der Waals surface area contributed by atoms with E-state index in [0.717, 1.165) is 6.07 Å². The molecule has 2 amide bonds. The summed E-state index contributed by atoms with van der Waals surface area (Å²) in [6, 6.07) is 8.75. The Bertz CT molecular complexity index is 810. The number of amides is 2. The predicted octanol–water partition coefficient (Wildman–Crippen LogP) is 3.56. The molecule has 2 N–H and O–H groups in total. The van der Waals surface area contributed by atoms with E-state index in [1.807, 2.05) is 0 Å². The minimum atomic E-state index is -0.564. The number of benzene rings is 2. The van der Waals surface area contributed by atoms with Crippen molar-refractivity contribution in [2.24, 2.45) is 0 Å². The minimum Gasteiger partial charge on any atom is -0.479 e. The number of nitrogens with one attached hydrogen (secondary N) is 2. The number of carbonyl (C=O) groups is 2. The molecule has 1 heterocycles. The van der Waals surface area contributed by atoms with Crippen LogP contribution in [0, 0.1) is 5.82 Å². The first-order valence-corrected chi connectivity index (χ1v) is 7.61. The van der Waals surface area contributed by atoms with Crippen LogP contribution in [-0.2, 0) is 4.79 Å². The smallest absolute Gasteiger partial charge is 0.265 e. The van der Waals surface area contributed by atoms with Crippen LogP contribution in [0.15, 0.2) is 40.9 Å². The van der Waals surface area contributed by atoms with Crippen LogP contribution in [0.25, 0.3) is 0 Å². The van der Waals surface area contributed by atoms with E-state index in [2.05, 4.69) is 26.6 Å². The third-order valence-electron chi connectivity index (χ3n) is 3.34. The topological polar surface area (TPSA) is 67.4 Å². The molecule has 0 radical (unpaired) electrons. The van der Waals surface area contributed by atoms with Gasteiger partial charge < -0.3 is 15.4 Å². The van der Waals surface area contributed by atoms with Crippen molar-refractivity contribution < 1.29 is 18.7 Å². The number of ether oxygens (including phenoxy) is 1. The zero-order valence-electron chi connectivity index (χ0n) is 12.0. The lowest BCUT2D eigenvalue weighted by atomic mass is 10.1. The van der Waals surface area contributed by atoms with E-state index in [9.17, 15) is 14.0 Å². The highest BCUT2D eigenvalue weighted by atomic mass is 79.9. The Morgan fingerprint density at radius 3 is 2.87 bits per heavy atom. The van der Waals surface area contributed by atoms with Gasteiger partial charge in [0.05, 0.1) is 11.3 Å². The average Bonchev–Trinajstić information content (AvgIpc) is 2.51. The maximum absolute atomic E-state index is 13.3. The molecule has 0 aromatic heterocycles. The average molecular weight is 379 g/mol. The fraction of sp³-hybridized carbons (Fsp3) is 0.125. The molecule has 118 valence electrons. The summed E-state index contributed by atoms with van der Waals surface area (Å²) in [5.41, 5.74) is 1.12. The molecule has 2 aromatic rings. The Balaban J connectivity index is 1.84. The van der Waals surface area contributed by atoms with Gasteiger partial charge in [0.25, 0.3) is 11.8 Å². The lowest BCUT2D eigenvalue weighted by molar-refractivity contribution is -0.122. The van der Waals surface area contributed by atoms with Crippen LogP contribution >= 0.6 is 15.9 Å². The van der Waals surface area contributed by atoms with Crippen LogP contribution in [-0.4, -0.2) is 17.9 Å². The molecule has 0 unspecified atom stereocenters. The van der Waals surface area contributed by atoms with E-state index in [-0.39, 0.29) is 11.5 Å². The quantitative estimate of drug-likeness (QED) is 0.839. The molecule has 3 rings (SSSR count). The van der Waals surface area contributed by atoms with Crippen molar-refractivity contribution in [3.8, 4) is 5.75 Å². The number of fused-ring (bicyclic) bond motifs is 1. The van der Waals surface area contributed by atoms with Gasteiger partial charge in [0, 0.05) is 10.2 Å². The van der Waals surface area contributed by atoms with Crippen LogP contribution in [0.3, 0.4) is 0 Å². The summed E-state index contributed by atoms with van der Waals surface area (Å²) in [6.45, 7) is 1.65. The van der Waals surface area contributed by atoms with Crippen molar-refractivity contribution in [3.05, 3.63) is 52.3 Å². The molecule has 1 atom stereocenters. The summed E-state index contributed by atoms with van der Waals surface area (Å²) in [6.07, 6.45) is -0.564. The third-order valence-corrected chi connectivity index (χ3v) is 4.03. The molecular weight excluding hydrogens is 367 g/mol. The lowest BCUT2D eigenvalue weighted by Gasteiger charge is -2.23. The maximum Gasteiger partial charge on any atom is 0.265 e. The number of hydrogen-bond acceptors (Lipinski definition) is 3. The van der Waals surface area contributed by atoms with Crippen LogP contribution < -0.4 is 15.4 Å². The molecule has 0 saturated carbocycles. The van der Waals surface area contributed by atoms with Gasteiger partial charge in [0.15, 0.2) is 6.10 Å². The summed E-state index contributed by atoms with van der Waals surface area (Å²) in [5, 5.41) is 5.36. The van der Waals surface area contributed by atoms with Gasteiger partial charge in [-0.25, -0.2) is 4.39 Å². The SMILES string of the molecule is C[C@H]1Oc2ccc(NC(=O)c3cc(F)ccc3Br)cc2NC1=O. The summed E-state index contributed by atoms with van der Waals surface area (Å²) in [5.74, 6) is -0.693. The second-order valence-corrected chi connectivity index (χ2v) is 5.89. The lowest BCUT2D eigenvalue weighted by Crippen LogP contribution is -2.34. The maximum atomic E-state index is 13.3. The van der Waals surface area contributed by atoms with E-state index >= 15 is 0 Å². The van der Waals surface area contributed by atoms with Crippen molar-refractivity contribution in [1.29, 1.82) is 0 Å². The van der Waals surface area contributed by atoms with Crippen LogP contribution in [0.5, 0.6) is 5.75 Å². The van der Waals surface area contributed by atoms with Gasteiger partial charge in [0.2, 0.25) is 0 Å². The normalized spacial score (nSPS) is 16.1. The molecule has 0 spiro atoms. The first-order chi connectivity index (χ1) is 10.9. The van der Waals surface area contributed by atoms with Gasteiger partial charge in [-0.1, -0.05) is 0 Å². The summed E-state index contributed by atoms with van der Waals surface area (Å²) in [7, 11) is 0. The second kappa shape index (κ2) is 6.00. The van der Waals surface area contributed by atoms with E-state index in [0.29, 0.717) is 21.6 Å². The summed E-state index contributed by atoms with van der Waals surface area (Å²) < 4.78 is 19.2. The van der Waals surface area contributed by atoms with Crippen molar-refractivity contribution in [3.63, 3.8) is 0 Å². The largest absolute Gasteiger partial charge is 0.479 e. The summed E-state index contributed by atoms with van der Waals surface area (Å²) in [4.78, 5) is 23.9. The van der Waals surface area contributed by atoms with E-state index in [4.69, 9.17) is 4.74 Å².